The van der Waals surface area contributed by atoms with Crippen LogP contribution in [-0.4, -0.2) is 46.3 Å². The van der Waals surface area contributed by atoms with Gasteiger partial charge in [-0.25, -0.2) is 9.37 Å². The second kappa shape index (κ2) is 11.4. The number of anilines is 1. The molecule has 0 bridgehead atoms. The van der Waals surface area contributed by atoms with Crippen LogP contribution in [0.1, 0.15) is 71.5 Å². The molecule has 7 nitrogen and oxygen atoms in total. The number of nitrogens with zero attached hydrogens (tertiary/aromatic N) is 3. The number of aromatic nitrogens is 2. The van der Waals surface area contributed by atoms with Gasteiger partial charge in [0.15, 0.2) is 11.6 Å². The van der Waals surface area contributed by atoms with Crippen LogP contribution in [0.3, 0.4) is 0 Å². The molecule has 0 saturated heterocycles. The van der Waals surface area contributed by atoms with Gasteiger partial charge in [-0.05, 0) is 86.4 Å². The second-order valence-electron chi connectivity index (χ2n) is 10.3. The lowest BCUT2D eigenvalue weighted by Crippen LogP contribution is -2.42. The van der Waals surface area contributed by atoms with Crippen molar-refractivity contribution in [3.05, 3.63) is 76.5 Å². The Morgan fingerprint density at radius 2 is 2.00 bits per heavy atom. The predicted molar refractivity (Wildman–Crippen MR) is 144 cm³/mol. The standard InChI is InChI=1S/C30H35FN4O3/c1-20(36)16-26(23-10-12-28(38-2)25(31)18-23)35-15-14-34-19-21(17-27(34)30(35)37)6-3-4-8-24-11-9-22-7-5-13-32-29(22)33-24/h9-12,17-19,26H,3-8,13-16H2,1-2H3,(H,32,33)/t26-/m0/s1. The molecular formula is C30H35FN4O3. The van der Waals surface area contributed by atoms with Crippen molar-refractivity contribution in [3.63, 3.8) is 0 Å². The van der Waals surface area contributed by atoms with Crippen LogP contribution in [0.5, 0.6) is 5.75 Å². The summed E-state index contributed by atoms with van der Waals surface area (Å²) in [5.41, 5.74) is 4.77. The molecule has 38 heavy (non-hydrogen) atoms. The van der Waals surface area contributed by atoms with Gasteiger partial charge in [0.05, 0.1) is 13.2 Å². The summed E-state index contributed by atoms with van der Waals surface area (Å²) in [7, 11) is 1.41. The number of pyridine rings is 1. The average molecular weight is 519 g/mol. The first-order chi connectivity index (χ1) is 18.4. The summed E-state index contributed by atoms with van der Waals surface area (Å²) in [5, 5.41) is 3.40. The number of ether oxygens (including phenoxy) is 1. The lowest BCUT2D eigenvalue weighted by Gasteiger charge is -2.35. The topological polar surface area (TPSA) is 76.5 Å². The summed E-state index contributed by atoms with van der Waals surface area (Å²) in [6.45, 7) is 3.59. The summed E-state index contributed by atoms with van der Waals surface area (Å²) in [6, 6.07) is 10.4. The van der Waals surface area contributed by atoms with E-state index in [-0.39, 0.29) is 23.9 Å². The molecule has 8 heteroatoms. The smallest absolute Gasteiger partial charge is 0.271 e. The van der Waals surface area contributed by atoms with E-state index in [1.54, 1.807) is 17.0 Å². The third kappa shape index (κ3) is 5.59. The molecule has 2 aliphatic heterocycles. The number of hydrogen-bond acceptors (Lipinski definition) is 5. The van der Waals surface area contributed by atoms with Crippen molar-refractivity contribution in [2.24, 2.45) is 0 Å². The van der Waals surface area contributed by atoms with Gasteiger partial charge in [-0.2, -0.15) is 0 Å². The van der Waals surface area contributed by atoms with E-state index in [0.717, 1.165) is 62.1 Å². The number of ketones is 1. The molecule has 2 aliphatic rings. The van der Waals surface area contributed by atoms with Crippen molar-refractivity contribution < 1.29 is 18.7 Å². The summed E-state index contributed by atoms with van der Waals surface area (Å²) in [4.78, 5) is 32.1. The van der Waals surface area contributed by atoms with E-state index in [2.05, 4.69) is 23.6 Å². The van der Waals surface area contributed by atoms with Gasteiger partial charge >= 0.3 is 0 Å². The normalized spacial score (nSPS) is 15.4. The molecule has 0 saturated carbocycles. The number of benzene rings is 1. The van der Waals surface area contributed by atoms with E-state index in [0.29, 0.717) is 24.3 Å². The highest BCUT2D eigenvalue weighted by molar-refractivity contribution is 5.94. The molecule has 1 amide bonds. The molecule has 1 atom stereocenters. The fourth-order valence-electron chi connectivity index (χ4n) is 5.55. The molecule has 0 fully saturated rings. The van der Waals surface area contributed by atoms with Crippen molar-refractivity contribution in [3.8, 4) is 5.75 Å². The largest absolute Gasteiger partial charge is 0.494 e. The monoisotopic (exact) mass is 518 g/mol. The lowest BCUT2D eigenvalue weighted by molar-refractivity contribution is -0.118. The van der Waals surface area contributed by atoms with Crippen molar-refractivity contribution in [2.45, 2.75) is 64.5 Å². The average Bonchev–Trinajstić information content (AvgIpc) is 3.34. The van der Waals surface area contributed by atoms with Crippen LogP contribution < -0.4 is 10.1 Å². The third-order valence-electron chi connectivity index (χ3n) is 7.53. The minimum Gasteiger partial charge on any atom is -0.494 e. The highest BCUT2D eigenvalue weighted by atomic mass is 19.1. The molecule has 0 unspecified atom stereocenters. The Balaban J connectivity index is 1.23. The SMILES string of the molecule is COc1ccc([C@H](CC(C)=O)N2CCn3cc(CCCCc4ccc5c(n4)NCCC5)cc3C2=O)cc1F. The van der Waals surface area contributed by atoms with Gasteiger partial charge in [-0.3, -0.25) is 9.59 Å². The minimum absolute atomic E-state index is 0.0510. The van der Waals surface area contributed by atoms with Crippen LogP contribution in [0.4, 0.5) is 10.2 Å². The molecule has 1 aromatic carbocycles. The molecule has 0 spiro atoms. The van der Waals surface area contributed by atoms with Crippen LogP contribution in [-0.2, 0) is 30.6 Å². The number of Topliss-reactive ketones (excluding diaryl/α,β-unsaturated/α-hetero) is 1. The highest BCUT2D eigenvalue weighted by Gasteiger charge is 2.32. The van der Waals surface area contributed by atoms with E-state index >= 15 is 0 Å². The zero-order valence-corrected chi connectivity index (χ0v) is 22.1. The van der Waals surface area contributed by atoms with Gasteiger partial charge in [0.2, 0.25) is 0 Å². The Hall–Kier alpha value is -3.68. The first kappa shape index (κ1) is 25.9. The van der Waals surface area contributed by atoms with Crippen molar-refractivity contribution in [2.75, 3.05) is 25.5 Å². The second-order valence-corrected chi connectivity index (χ2v) is 10.3. The summed E-state index contributed by atoms with van der Waals surface area (Å²) in [6.07, 6.45) is 8.31. The fraction of sp³-hybridized carbons (Fsp3) is 0.433. The predicted octanol–water partition coefficient (Wildman–Crippen LogP) is 5.13. The zero-order valence-electron chi connectivity index (χ0n) is 22.1. The molecule has 1 N–H and O–H groups in total. The fourth-order valence-corrected chi connectivity index (χ4v) is 5.55. The molecule has 0 aliphatic carbocycles. The van der Waals surface area contributed by atoms with Crippen LogP contribution in [0.2, 0.25) is 0 Å². The van der Waals surface area contributed by atoms with Gasteiger partial charge in [0.1, 0.15) is 17.3 Å². The lowest BCUT2D eigenvalue weighted by atomic mass is 9.98. The Labute approximate surface area is 223 Å². The number of fused-ring (bicyclic) bond motifs is 2. The van der Waals surface area contributed by atoms with Gasteiger partial charge in [0, 0.05) is 37.9 Å². The first-order valence-electron chi connectivity index (χ1n) is 13.5. The number of carbonyl (C=O) groups is 2. The van der Waals surface area contributed by atoms with Gasteiger partial charge < -0.3 is 19.5 Å². The van der Waals surface area contributed by atoms with Crippen LogP contribution in [0.25, 0.3) is 0 Å². The van der Waals surface area contributed by atoms with Crippen LogP contribution >= 0.6 is 0 Å². The Kier molecular flexibility index (Phi) is 7.77. The number of hydrogen-bond donors (Lipinski definition) is 1. The Morgan fingerprint density at radius 1 is 1.16 bits per heavy atom. The molecule has 4 heterocycles. The molecule has 200 valence electrons. The number of unbranched alkanes of at least 4 members (excludes halogenated alkanes) is 1. The maximum Gasteiger partial charge on any atom is 0.271 e. The molecule has 2 aromatic heterocycles. The Morgan fingerprint density at radius 3 is 2.79 bits per heavy atom. The van der Waals surface area contributed by atoms with Crippen LogP contribution in [0.15, 0.2) is 42.6 Å². The van der Waals surface area contributed by atoms with E-state index in [1.807, 2.05) is 10.6 Å². The quantitative estimate of drug-likeness (QED) is 0.377. The number of nitrogens with one attached hydrogen (secondary N) is 1. The van der Waals surface area contributed by atoms with Crippen molar-refractivity contribution in [1.82, 2.24) is 14.5 Å². The number of aryl methyl sites for hydroxylation is 3. The van der Waals surface area contributed by atoms with Crippen molar-refractivity contribution >= 4 is 17.5 Å². The molecule has 0 radical (unpaired) electrons. The number of rotatable bonds is 10. The van der Waals surface area contributed by atoms with E-state index < -0.39 is 11.9 Å². The summed E-state index contributed by atoms with van der Waals surface area (Å²) in [5.74, 6) is 0.492. The summed E-state index contributed by atoms with van der Waals surface area (Å²) >= 11 is 0. The van der Waals surface area contributed by atoms with E-state index in [1.165, 1.54) is 25.7 Å². The Bertz CT molecular complexity index is 1340. The van der Waals surface area contributed by atoms with Gasteiger partial charge in [-0.15, -0.1) is 0 Å². The number of carbonyl (C=O) groups excluding carboxylic acids is 2. The first-order valence-corrected chi connectivity index (χ1v) is 13.5. The number of amides is 1. The highest BCUT2D eigenvalue weighted by Crippen LogP contribution is 2.32. The van der Waals surface area contributed by atoms with Gasteiger partial charge in [0.25, 0.3) is 5.91 Å². The number of halogens is 1. The minimum atomic E-state index is -0.522. The molecule has 3 aromatic rings. The van der Waals surface area contributed by atoms with Crippen molar-refractivity contribution in [1.29, 1.82) is 0 Å². The maximum atomic E-state index is 14.5. The van der Waals surface area contributed by atoms with E-state index in [4.69, 9.17) is 9.72 Å². The molecule has 5 rings (SSSR count). The van der Waals surface area contributed by atoms with Gasteiger partial charge in [-0.1, -0.05) is 12.1 Å². The third-order valence-corrected chi connectivity index (χ3v) is 7.53. The molecular weight excluding hydrogens is 483 g/mol. The zero-order chi connectivity index (χ0) is 26.6. The van der Waals surface area contributed by atoms with Crippen LogP contribution in [0, 0.1) is 5.82 Å². The van der Waals surface area contributed by atoms with E-state index in [9.17, 15) is 14.0 Å². The summed E-state index contributed by atoms with van der Waals surface area (Å²) < 4.78 is 21.5. The number of methoxy groups -OCH3 is 1. The maximum absolute atomic E-state index is 14.5.